The number of nitrogens with one attached hydrogen (secondary N) is 2. The Morgan fingerprint density at radius 3 is 2.57 bits per heavy atom. The van der Waals surface area contributed by atoms with Gasteiger partial charge in [-0.2, -0.15) is 4.98 Å². The van der Waals surface area contributed by atoms with Crippen molar-refractivity contribution >= 4 is 29.1 Å². The van der Waals surface area contributed by atoms with E-state index in [0.717, 1.165) is 0 Å². The van der Waals surface area contributed by atoms with Gasteiger partial charge in [-0.1, -0.05) is 6.07 Å². The highest BCUT2D eigenvalue weighted by Crippen LogP contribution is 2.30. The van der Waals surface area contributed by atoms with E-state index < -0.39 is 5.97 Å². The number of nitrogens with zero attached hydrogens (tertiary/aromatic N) is 2. The Labute approximate surface area is 162 Å². The maximum Gasteiger partial charge on any atom is 0.337 e. The number of benzene rings is 2. The highest BCUT2D eigenvalue weighted by Gasteiger charge is 2.09. The predicted octanol–water partition coefficient (Wildman–Crippen LogP) is 3.77. The van der Waals surface area contributed by atoms with Gasteiger partial charge in [0, 0.05) is 18.0 Å². The summed E-state index contributed by atoms with van der Waals surface area (Å²) in [5, 5.41) is 6.27. The standard InChI is InChI=1S/C20H20N4O4/c1-26-15-7-8-16(17(12-15)27-2)23-20-21-10-9-18(24-20)22-14-6-4-5-13(11-14)19(25)28-3/h4-12H,1-3H3,(H2,21,22,23,24). The van der Waals surface area contributed by atoms with Crippen LogP contribution >= 0.6 is 0 Å². The number of anilines is 4. The molecule has 0 bridgehead atoms. The van der Waals surface area contributed by atoms with Crippen LogP contribution in [0.5, 0.6) is 11.5 Å². The third kappa shape index (κ3) is 4.47. The molecule has 0 saturated heterocycles. The van der Waals surface area contributed by atoms with Crippen LogP contribution in [0, 0.1) is 0 Å². The van der Waals surface area contributed by atoms with Crippen molar-refractivity contribution in [2.75, 3.05) is 32.0 Å². The molecule has 0 unspecified atom stereocenters. The van der Waals surface area contributed by atoms with E-state index in [1.807, 2.05) is 18.2 Å². The lowest BCUT2D eigenvalue weighted by molar-refractivity contribution is 0.0601. The number of aromatic nitrogens is 2. The zero-order valence-electron chi connectivity index (χ0n) is 15.7. The highest BCUT2D eigenvalue weighted by atomic mass is 16.5. The van der Waals surface area contributed by atoms with Gasteiger partial charge in [0.05, 0.1) is 32.6 Å². The van der Waals surface area contributed by atoms with Crippen molar-refractivity contribution in [1.82, 2.24) is 9.97 Å². The molecule has 2 aromatic carbocycles. The molecule has 8 heteroatoms. The summed E-state index contributed by atoms with van der Waals surface area (Å²) in [5.41, 5.74) is 1.85. The SMILES string of the molecule is COC(=O)c1cccc(Nc2ccnc(Nc3ccc(OC)cc3OC)n2)c1. The van der Waals surface area contributed by atoms with Crippen LogP contribution in [0.4, 0.5) is 23.1 Å². The molecule has 0 fully saturated rings. The largest absolute Gasteiger partial charge is 0.497 e. The van der Waals surface area contributed by atoms with Crippen molar-refractivity contribution in [3.8, 4) is 11.5 Å². The van der Waals surface area contributed by atoms with E-state index in [1.165, 1.54) is 7.11 Å². The van der Waals surface area contributed by atoms with Gasteiger partial charge in [-0.3, -0.25) is 0 Å². The summed E-state index contributed by atoms with van der Waals surface area (Å²) < 4.78 is 15.3. The molecule has 1 heterocycles. The molecule has 3 aromatic rings. The second-order valence-electron chi connectivity index (χ2n) is 5.65. The lowest BCUT2D eigenvalue weighted by Gasteiger charge is -2.12. The summed E-state index contributed by atoms with van der Waals surface area (Å²) in [6.45, 7) is 0. The van der Waals surface area contributed by atoms with Gasteiger partial charge in [0.2, 0.25) is 5.95 Å². The lowest BCUT2D eigenvalue weighted by Crippen LogP contribution is -2.03. The molecule has 1 aromatic heterocycles. The number of methoxy groups -OCH3 is 3. The van der Waals surface area contributed by atoms with Crippen LogP contribution in [-0.4, -0.2) is 37.3 Å². The van der Waals surface area contributed by atoms with E-state index in [9.17, 15) is 4.79 Å². The smallest absolute Gasteiger partial charge is 0.337 e. The number of ether oxygens (including phenoxy) is 3. The summed E-state index contributed by atoms with van der Waals surface area (Å²) in [7, 11) is 4.51. The van der Waals surface area contributed by atoms with Gasteiger partial charge in [-0.25, -0.2) is 9.78 Å². The van der Waals surface area contributed by atoms with E-state index in [-0.39, 0.29) is 0 Å². The molecular formula is C20H20N4O4. The van der Waals surface area contributed by atoms with E-state index in [1.54, 1.807) is 50.7 Å². The van der Waals surface area contributed by atoms with Crippen LogP contribution in [0.1, 0.15) is 10.4 Å². The van der Waals surface area contributed by atoms with E-state index in [0.29, 0.717) is 40.2 Å². The first-order valence-corrected chi connectivity index (χ1v) is 8.40. The Balaban J connectivity index is 1.79. The summed E-state index contributed by atoms with van der Waals surface area (Å²) in [6, 6.07) is 14.1. The fourth-order valence-electron chi connectivity index (χ4n) is 2.50. The Bertz CT molecular complexity index is 978. The van der Waals surface area contributed by atoms with Crippen molar-refractivity contribution in [3.63, 3.8) is 0 Å². The molecule has 0 saturated carbocycles. The van der Waals surface area contributed by atoms with Crippen LogP contribution < -0.4 is 20.1 Å². The molecule has 0 aliphatic carbocycles. The van der Waals surface area contributed by atoms with E-state index in [2.05, 4.69) is 20.6 Å². The minimum Gasteiger partial charge on any atom is -0.497 e. The number of hydrogen-bond acceptors (Lipinski definition) is 8. The average Bonchev–Trinajstić information content (AvgIpc) is 2.74. The quantitative estimate of drug-likeness (QED) is 0.598. The molecule has 8 nitrogen and oxygen atoms in total. The highest BCUT2D eigenvalue weighted by molar-refractivity contribution is 5.90. The first-order chi connectivity index (χ1) is 13.6. The van der Waals surface area contributed by atoms with Crippen molar-refractivity contribution in [1.29, 1.82) is 0 Å². The fraction of sp³-hybridized carbons (Fsp3) is 0.150. The first kappa shape index (κ1) is 19.0. The molecule has 0 aliphatic rings. The molecule has 2 N–H and O–H groups in total. The normalized spacial score (nSPS) is 10.1. The second-order valence-corrected chi connectivity index (χ2v) is 5.65. The zero-order chi connectivity index (χ0) is 19.9. The van der Waals surface area contributed by atoms with Crippen LogP contribution in [0.2, 0.25) is 0 Å². The summed E-state index contributed by atoms with van der Waals surface area (Å²) in [6.07, 6.45) is 1.62. The van der Waals surface area contributed by atoms with Crippen LogP contribution in [-0.2, 0) is 4.74 Å². The van der Waals surface area contributed by atoms with Crippen molar-refractivity contribution < 1.29 is 19.0 Å². The van der Waals surface area contributed by atoms with Crippen LogP contribution in [0.15, 0.2) is 54.7 Å². The first-order valence-electron chi connectivity index (χ1n) is 8.40. The number of carbonyl (C=O) groups is 1. The number of hydrogen-bond donors (Lipinski definition) is 2. The van der Waals surface area contributed by atoms with Crippen molar-refractivity contribution in [2.45, 2.75) is 0 Å². The second kappa shape index (κ2) is 8.72. The zero-order valence-corrected chi connectivity index (χ0v) is 15.7. The minimum atomic E-state index is -0.403. The molecule has 0 amide bonds. The number of rotatable bonds is 7. The minimum absolute atomic E-state index is 0.387. The van der Waals surface area contributed by atoms with Gasteiger partial charge >= 0.3 is 5.97 Å². The van der Waals surface area contributed by atoms with Gasteiger partial charge in [0.25, 0.3) is 0 Å². The monoisotopic (exact) mass is 380 g/mol. The Morgan fingerprint density at radius 1 is 0.964 bits per heavy atom. The fourth-order valence-corrected chi connectivity index (χ4v) is 2.50. The van der Waals surface area contributed by atoms with E-state index in [4.69, 9.17) is 14.2 Å². The molecule has 0 aliphatic heterocycles. The van der Waals surface area contributed by atoms with Gasteiger partial charge in [0.1, 0.15) is 17.3 Å². The van der Waals surface area contributed by atoms with Gasteiger partial charge in [-0.05, 0) is 36.4 Å². The maximum absolute atomic E-state index is 11.7. The van der Waals surface area contributed by atoms with Crippen molar-refractivity contribution in [2.24, 2.45) is 0 Å². The molecule has 3 rings (SSSR count). The Kier molecular flexibility index (Phi) is 5.91. The molecular weight excluding hydrogens is 360 g/mol. The lowest BCUT2D eigenvalue weighted by atomic mass is 10.2. The molecule has 0 spiro atoms. The van der Waals surface area contributed by atoms with E-state index >= 15 is 0 Å². The third-order valence-corrected chi connectivity index (χ3v) is 3.87. The molecule has 28 heavy (non-hydrogen) atoms. The van der Waals surface area contributed by atoms with Gasteiger partial charge in [-0.15, -0.1) is 0 Å². The summed E-state index contributed by atoms with van der Waals surface area (Å²) in [5.74, 6) is 1.83. The number of carbonyl (C=O) groups excluding carboxylic acids is 1. The number of esters is 1. The predicted molar refractivity (Wildman–Crippen MR) is 106 cm³/mol. The summed E-state index contributed by atoms with van der Waals surface area (Å²) >= 11 is 0. The Morgan fingerprint density at radius 2 is 1.82 bits per heavy atom. The van der Waals surface area contributed by atoms with Crippen LogP contribution in [0.25, 0.3) is 0 Å². The van der Waals surface area contributed by atoms with Crippen LogP contribution in [0.3, 0.4) is 0 Å². The molecule has 0 radical (unpaired) electrons. The summed E-state index contributed by atoms with van der Waals surface area (Å²) in [4.78, 5) is 20.3. The molecule has 0 atom stereocenters. The average molecular weight is 380 g/mol. The maximum atomic E-state index is 11.7. The van der Waals surface area contributed by atoms with Crippen molar-refractivity contribution in [3.05, 3.63) is 60.3 Å². The topological polar surface area (TPSA) is 94.6 Å². The van der Waals surface area contributed by atoms with Gasteiger partial charge < -0.3 is 24.8 Å². The third-order valence-electron chi connectivity index (χ3n) is 3.87. The Hall–Kier alpha value is -3.81. The molecule has 144 valence electrons. The van der Waals surface area contributed by atoms with Gasteiger partial charge in [0.15, 0.2) is 0 Å².